The molecule has 10 heteroatoms. The number of hydrogen-bond donors (Lipinski definition) is 0. The number of aromatic nitrogens is 2. The fourth-order valence-electron chi connectivity index (χ4n) is 3.64. The van der Waals surface area contributed by atoms with Gasteiger partial charge in [0, 0.05) is 31.4 Å². The van der Waals surface area contributed by atoms with Gasteiger partial charge in [-0.25, -0.2) is 9.37 Å². The molecule has 0 radical (unpaired) electrons. The summed E-state index contributed by atoms with van der Waals surface area (Å²) in [6.07, 6.45) is -2.46. The largest absolute Gasteiger partial charge is 0.490 e. The molecule has 1 unspecified atom stereocenters. The van der Waals surface area contributed by atoms with Crippen LogP contribution in [0.4, 0.5) is 17.6 Å². The second kappa shape index (κ2) is 8.25. The van der Waals surface area contributed by atoms with Crippen molar-refractivity contribution in [2.45, 2.75) is 38.1 Å². The van der Waals surface area contributed by atoms with Crippen LogP contribution in [0.25, 0.3) is 0 Å². The van der Waals surface area contributed by atoms with E-state index in [9.17, 15) is 17.6 Å². The first-order chi connectivity index (χ1) is 14.3. The minimum absolute atomic E-state index is 0.142. The summed E-state index contributed by atoms with van der Waals surface area (Å²) < 4.78 is 69.5. The first kappa shape index (κ1) is 20.6. The molecule has 6 nitrogen and oxygen atoms in total. The third-order valence-corrected chi connectivity index (χ3v) is 5.26. The first-order valence-corrected chi connectivity index (χ1v) is 9.71. The van der Waals surface area contributed by atoms with Gasteiger partial charge in [-0.1, -0.05) is 0 Å². The van der Waals surface area contributed by atoms with Crippen LogP contribution in [0.1, 0.15) is 37.2 Å². The number of hydrogen-bond acceptors (Lipinski definition) is 6. The number of piperidine rings is 1. The second-order valence-electron chi connectivity index (χ2n) is 7.26. The third kappa shape index (κ3) is 4.43. The number of halogens is 4. The van der Waals surface area contributed by atoms with Gasteiger partial charge in [0.2, 0.25) is 0 Å². The van der Waals surface area contributed by atoms with Gasteiger partial charge in [0.25, 0.3) is 5.88 Å². The van der Waals surface area contributed by atoms with Gasteiger partial charge in [0.15, 0.2) is 5.75 Å². The average Bonchev–Trinajstić information content (AvgIpc) is 2.73. The summed E-state index contributed by atoms with van der Waals surface area (Å²) in [4.78, 5) is 9.70. The average molecular weight is 427 g/mol. The van der Waals surface area contributed by atoms with Gasteiger partial charge in [-0.3, -0.25) is 9.88 Å². The molecule has 2 aromatic heterocycles. The standard InChI is InChI=1S/C20H21F4N3O3/c1-12(18-15(21)11-16-19(26-18)29-9-8-28-16)27-6-3-13(4-7-27)30-14-2-5-25-17(10-14)20(22,23)24/h2,5,10-13H,3-4,6-9H2,1H3. The van der Waals surface area contributed by atoms with Gasteiger partial charge in [0.1, 0.15) is 36.6 Å². The fourth-order valence-corrected chi connectivity index (χ4v) is 3.64. The molecular weight excluding hydrogens is 406 g/mol. The Morgan fingerprint density at radius 2 is 1.90 bits per heavy atom. The highest BCUT2D eigenvalue weighted by molar-refractivity contribution is 5.37. The van der Waals surface area contributed by atoms with Gasteiger partial charge in [-0.05, 0) is 25.8 Å². The predicted octanol–water partition coefficient (Wildman–Crippen LogP) is 4.01. The molecule has 4 rings (SSSR count). The molecule has 162 valence electrons. The fraction of sp³-hybridized carbons (Fsp3) is 0.500. The summed E-state index contributed by atoms with van der Waals surface area (Å²) in [5, 5.41) is 0. The topological polar surface area (TPSA) is 56.7 Å². The Morgan fingerprint density at radius 1 is 1.17 bits per heavy atom. The molecule has 30 heavy (non-hydrogen) atoms. The zero-order valence-corrected chi connectivity index (χ0v) is 16.3. The van der Waals surface area contributed by atoms with Crippen molar-refractivity contribution in [3.63, 3.8) is 0 Å². The van der Waals surface area contributed by atoms with Crippen LogP contribution in [0, 0.1) is 5.82 Å². The molecule has 4 heterocycles. The van der Waals surface area contributed by atoms with Crippen molar-refractivity contribution >= 4 is 0 Å². The molecule has 0 bridgehead atoms. The van der Waals surface area contributed by atoms with Crippen molar-refractivity contribution < 1.29 is 31.8 Å². The van der Waals surface area contributed by atoms with Gasteiger partial charge in [0.05, 0.1) is 11.7 Å². The minimum atomic E-state index is -4.52. The second-order valence-corrected chi connectivity index (χ2v) is 7.26. The van der Waals surface area contributed by atoms with Crippen molar-refractivity contribution in [3.05, 3.63) is 41.6 Å². The maximum atomic E-state index is 14.5. The number of nitrogens with zero attached hydrogens (tertiary/aromatic N) is 3. The smallest absolute Gasteiger partial charge is 0.433 e. The van der Waals surface area contributed by atoms with Gasteiger partial charge >= 0.3 is 6.18 Å². The van der Waals surface area contributed by atoms with E-state index in [-0.39, 0.29) is 23.6 Å². The summed E-state index contributed by atoms with van der Waals surface area (Å²) in [5.74, 6) is 0.281. The van der Waals surface area contributed by atoms with Crippen LogP contribution in [0.2, 0.25) is 0 Å². The first-order valence-electron chi connectivity index (χ1n) is 9.71. The highest BCUT2D eigenvalue weighted by Crippen LogP contribution is 2.34. The van der Waals surface area contributed by atoms with E-state index in [0.717, 1.165) is 12.3 Å². The van der Waals surface area contributed by atoms with E-state index in [4.69, 9.17) is 14.2 Å². The Bertz CT molecular complexity index is 901. The van der Waals surface area contributed by atoms with E-state index in [0.29, 0.717) is 50.8 Å². The van der Waals surface area contributed by atoms with Crippen LogP contribution in [0.5, 0.6) is 17.4 Å². The van der Waals surface area contributed by atoms with Crippen LogP contribution < -0.4 is 14.2 Å². The quantitative estimate of drug-likeness (QED) is 0.688. The third-order valence-electron chi connectivity index (χ3n) is 5.26. The lowest BCUT2D eigenvalue weighted by molar-refractivity contribution is -0.141. The van der Waals surface area contributed by atoms with Crippen LogP contribution in [-0.2, 0) is 6.18 Å². The van der Waals surface area contributed by atoms with E-state index in [1.807, 2.05) is 6.92 Å². The molecule has 0 amide bonds. The molecule has 0 aliphatic carbocycles. The van der Waals surface area contributed by atoms with Gasteiger partial charge in [-0.2, -0.15) is 13.2 Å². The Labute approximate surface area is 170 Å². The Balaban J connectivity index is 1.38. The highest BCUT2D eigenvalue weighted by atomic mass is 19.4. The maximum absolute atomic E-state index is 14.5. The molecule has 2 aliphatic rings. The number of rotatable bonds is 4. The zero-order chi connectivity index (χ0) is 21.3. The van der Waals surface area contributed by atoms with E-state index in [1.165, 1.54) is 12.1 Å². The molecule has 0 aromatic carbocycles. The summed E-state index contributed by atoms with van der Waals surface area (Å²) in [7, 11) is 0. The lowest BCUT2D eigenvalue weighted by Gasteiger charge is -2.36. The molecule has 0 spiro atoms. The Kier molecular flexibility index (Phi) is 5.68. The normalized spacial score (nSPS) is 18.8. The molecule has 2 aromatic rings. The van der Waals surface area contributed by atoms with Gasteiger partial charge < -0.3 is 14.2 Å². The van der Waals surface area contributed by atoms with Crippen LogP contribution >= 0.6 is 0 Å². The summed E-state index contributed by atoms with van der Waals surface area (Å²) >= 11 is 0. The van der Waals surface area contributed by atoms with E-state index >= 15 is 0 Å². The highest BCUT2D eigenvalue weighted by Gasteiger charge is 2.33. The van der Waals surface area contributed by atoms with E-state index < -0.39 is 17.7 Å². The van der Waals surface area contributed by atoms with Crippen molar-refractivity contribution in [1.82, 2.24) is 14.9 Å². The predicted molar refractivity (Wildman–Crippen MR) is 98.1 cm³/mol. The molecule has 0 N–H and O–H groups in total. The van der Waals surface area contributed by atoms with E-state index in [2.05, 4.69) is 14.9 Å². The number of likely N-dealkylation sites (tertiary alicyclic amines) is 1. The SMILES string of the molecule is CC(c1nc2c(cc1F)OCCO2)N1CCC(Oc2ccnc(C(F)(F)F)c2)CC1. The summed E-state index contributed by atoms with van der Waals surface area (Å²) in [6, 6.07) is 3.33. The number of pyridine rings is 2. The van der Waals surface area contributed by atoms with Crippen molar-refractivity contribution in [1.29, 1.82) is 0 Å². The summed E-state index contributed by atoms with van der Waals surface area (Å²) in [6.45, 7) is 3.78. The van der Waals surface area contributed by atoms with Crippen molar-refractivity contribution in [2.24, 2.45) is 0 Å². The van der Waals surface area contributed by atoms with Crippen molar-refractivity contribution in [2.75, 3.05) is 26.3 Å². The maximum Gasteiger partial charge on any atom is 0.433 e. The molecule has 1 fully saturated rings. The molecule has 1 atom stereocenters. The zero-order valence-electron chi connectivity index (χ0n) is 16.3. The Morgan fingerprint density at radius 3 is 2.63 bits per heavy atom. The lowest BCUT2D eigenvalue weighted by atomic mass is 10.0. The molecule has 2 aliphatic heterocycles. The summed E-state index contributed by atoms with van der Waals surface area (Å²) in [5.41, 5.74) is -0.700. The molecule has 1 saturated heterocycles. The number of fused-ring (bicyclic) bond motifs is 1. The number of alkyl halides is 3. The van der Waals surface area contributed by atoms with Crippen LogP contribution in [-0.4, -0.2) is 47.3 Å². The van der Waals surface area contributed by atoms with E-state index in [1.54, 1.807) is 0 Å². The Hall–Kier alpha value is -2.62. The van der Waals surface area contributed by atoms with Crippen LogP contribution in [0.3, 0.4) is 0 Å². The van der Waals surface area contributed by atoms with Crippen LogP contribution in [0.15, 0.2) is 24.4 Å². The molecule has 0 saturated carbocycles. The number of ether oxygens (including phenoxy) is 3. The van der Waals surface area contributed by atoms with Gasteiger partial charge in [-0.15, -0.1) is 0 Å². The minimum Gasteiger partial charge on any atom is -0.490 e. The lowest BCUT2D eigenvalue weighted by Crippen LogP contribution is -2.40. The molecular formula is C20H21F4N3O3. The monoisotopic (exact) mass is 427 g/mol. The van der Waals surface area contributed by atoms with Crippen molar-refractivity contribution in [3.8, 4) is 17.4 Å².